The second-order valence-electron chi connectivity index (χ2n) is 4.20. The van der Waals surface area contributed by atoms with Crippen LogP contribution >= 0.6 is 0 Å². The van der Waals surface area contributed by atoms with Crippen molar-refractivity contribution >= 4 is 36.3 Å². The minimum Gasteiger partial charge on any atom is -0.783 e. The summed E-state index contributed by atoms with van der Waals surface area (Å²) in [6.07, 6.45) is 0. The molecule has 0 aliphatic carbocycles. The zero-order valence-corrected chi connectivity index (χ0v) is 15.0. The molecule has 0 aromatic heterocycles. The molecule has 0 saturated heterocycles. The van der Waals surface area contributed by atoms with Gasteiger partial charge in [-0.15, -0.1) is 0 Å². The zero-order chi connectivity index (χ0) is 15.5. The molecule has 0 aliphatic rings. The molecule has 0 spiro atoms. The van der Waals surface area contributed by atoms with Crippen LogP contribution in [0.5, 0.6) is 0 Å². The number of hydrogen-bond donors (Lipinski definition) is 4. The van der Waals surface area contributed by atoms with Gasteiger partial charge in [0.2, 0.25) is 17.7 Å². The number of hydrogen-bond acceptors (Lipinski definition) is 5. The van der Waals surface area contributed by atoms with Crippen LogP contribution in [0, 0.1) is 0 Å². The molecule has 0 unspecified atom stereocenters. The fourth-order valence-corrected chi connectivity index (χ4v) is 1.19. The Hall–Kier alpha value is -1.12. The Kier molecular flexibility index (Phi) is 13.3. The fourth-order valence-electron chi connectivity index (χ4n) is 1.09. The summed E-state index contributed by atoms with van der Waals surface area (Å²) >= 11 is 4.48. The Bertz CT molecular complexity index is 379. The molecule has 0 atom stereocenters. The first-order valence-electron chi connectivity index (χ1n) is 6.02. The third kappa shape index (κ3) is 13.6. The van der Waals surface area contributed by atoms with Crippen molar-refractivity contribution < 1.29 is 39.3 Å². The maximum absolute atomic E-state index is 11.3. The van der Waals surface area contributed by atoms with Crippen molar-refractivity contribution in [3.63, 3.8) is 0 Å². The summed E-state index contributed by atoms with van der Waals surface area (Å²) in [4.78, 5) is 44.6. The molecule has 0 aromatic carbocycles. The van der Waals surface area contributed by atoms with Crippen LogP contribution in [-0.4, -0.2) is 55.1 Å². The quantitative estimate of drug-likeness (QED) is 0.276. The van der Waals surface area contributed by atoms with E-state index in [4.69, 9.17) is 0 Å². The van der Waals surface area contributed by atoms with Gasteiger partial charge in [-0.1, -0.05) is 5.75 Å². The predicted molar refractivity (Wildman–Crippen MR) is 74.5 cm³/mol. The van der Waals surface area contributed by atoms with E-state index in [1.54, 1.807) is 13.8 Å². The van der Waals surface area contributed by atoms with Gasteiger partial charge in [0, 0.05) is 26.1 Å². The first kappa shape index (κ1) is 22.2. The molecule has 0 aromatic rings. The van der Waals surface area contributed by atoms with Gasteiger partial charge in [-0.2, -0.15) is 0 Å². The first-order valence-corrected chi connectivity index (χ1v) is 6.60. The maximum atomic E-state index is 11.3. The third-order valence-electron chi connectivity index (χ3n) is 1.92. The largest absolute Gasteiger partial charge is 0.783 e. The Morgan fingerprint density at radius 1 is 0.810 bits per heavy atom. The summed E-state index contributed by atoms with van der Waals surface area (Å²) in [7, 11) is 0. The van der Waals surface area contributed by atoms with Crippen LogP contribution in [-0.2, 0) is 51.9 Å². The first-order chi connectivity index (χ1) is 9.35. The Labute approximate surface area is 142 Å². The SMILES string of the molecule is CC(C)NC(=O)CNC(=O)CNC(=O)CNC(=O)C[S-].[Ir]. The number of rotatable bonds is 8. The van der Waals surface area contributed by atoms with Gasteiger partial charge in [0.05, 0.1) is 19.6 Å². The number of carbonyl (C=O) groups excluding carboxylic acids is 4. The van der Waals surface area contributed by atoms with Crippen LogP contribution in [0.25, 0.3) is 0 Å². The van der Waals surface area contributed by atoms with Crippen molar-refractivity contribution in [3.05, 3.63) is 0 Å². The molecule has 0 saturated carbocycles. The number of amides is 4. The topological polar surface area (TPSA) is 116 Å². The minimum atomic E-state index is -0.511. The van der Waals surface area contributed by atoms with Gasteiger partial charge in [-0.05, 0) is 13.8 Å². The number of nitrogens with one attached hydrogen (secondary N) is 4. The van der Waals surface area contributed by atoms with Gasteiger partial charge >= 0.3 is 0 Å². The summed E-state index contributed by atoms with van der Waals surface area (Å²) in [5.74, 6) is -1.86. The third-order valence-corrected chi connectivity index (χ3v) is 2.18. The second kappa shape index (κ2) is 12.6. The molecular weight excluding hydrogens is 476 g/mol. The molecule has 0 bridgehead atoms. The second-order valence-corrected chi connectivity index (χ2v) is 4.49. The summed E-state index contributed by atoms with van der Waals surface area (Å²) in [6.45, 7) is 2.95. The van der Waals surface area contributed by atoms with Gasteiger partial charge in [0.1, 0.15) is 0 Å². The van der Waals surface area contributed by atoms with Crippen LogP contribution in [0.4, 0.5) is 0 Å². The molecule has 1 radical (unpaired) electrons. The van der Waals surface area contributed by atoms with Crippen molar-refractivity contribution in [2.75, 3.05) is 25.4 Å². The predicted octanol–water partition coefficient (Wildman–Crippen LogP) is -2.60. The molecule has 0 fully saturated rings. The molecule has 4 amide bonds. The van der Waals surface area contributed by atoms with Crippen molar-refractivity contribution in [2.24, 2.45) is 0 Å². The normalized spacial score (nSPS) is 9.33. The minimum absolute atomic E-state index is 0. The summed E-state index contributed by atoms with van der Waals surface area (Å²) < 4.78 is 0. The summed E-state index contributed by atoms with van der Waals surface area (Å²) in [5.41, 5.74) is 0. The number of carbonyl (C=O) groups is 4. The molecule has 0 aliphatic heterocycles. The van der Waals surface area contributed by atoms with E-state index in [-0.39, 0.29) is 57.4 Å². The molecule has 8 nitrogen and oxygen atoms in total. The standard InChI is InChI=1S/C11H20N4O4S.Ir/c1-7(2)15-10(18)5-13-8(16)3-12-9(17)4-14-11(19)6-20;/h7,20H,3-6H2,1-2H3,(H,12,17)(H,13,16)(H,14,19)(H,15,18);/p-1. The summed E-state index contributed by atoms with van der Waals surface area (Å²) in [6, 6.07) is -0.00732. The van der Waals surface area contributed by atoms with Gasteiger partial charge < -0.3 is 33.9 Å². The Morgan fingerprint density at radius 3 is 1.57 bits per heavy atom. The average molecular weight is 496 g/mol. The molecule has 4 N–H and O–H groups in total. The molecule has 21 heavy (non-hydrogen) atoms. The van der Waals surface area contributed by atoms with Crippen LogP contribution in [0.2, 0.25) is 0 Å². The molecule has 123 valence electrons. The summed E-state index contributed by atoms with van der Waals surface area (Å²) in [5, 5.41) is 9.52. The molecular formula is C11H19IrN4O4S-. The fraction of sp³-hybridized carbons (Fsp3) is 0.636. The van der Waals surface area contributed by atoms with Crippen molar-refractivity contribution in [2.45, 2.75) is 19.9 Å². The van der Waals surface area contributed by atoms with E-state index < -0.39 is 17.7 Å². The van der Waals surface area contributed by atoms with Gasteiger partial charge in [-0.3, -0.25) is 19.2 Å². The van der Waals surface area contributed by atoms with E-state index in [9.17, 15) is 19.2 Å². The van der Waals surface area contributed by atoms with Crippen molar-refractivity contribution in [3.8, 4) is 0 Å². The van der Waals surface area contributed by atoms with E-state index in [0.29, 0.717) is 0 Å². The van der Waals surface area contributed by atoms with Crippen LogP contribution in [0.3, 0.4) is 0 Å². The maximum Gasteiger partial charge on any atom is 0.239 e. The van der Waals surface area contributed by atoms with E-state index in [1.165, 1.54) is 0 Å². The Morgan fingerprint density at radius 2 is 1.19 bits per heavy atom. The Balaban J connectivity index is 0. The van der Waals surface area contributed by atoms with E-state index in [1.807, 2.05) is 0 Å². The zero-order valence-electron chi connectivity index (χ0n) is 11.8. The van der Waals surface area contributed by atoms with Crippen LogP contribution < -0.4 is 21.3 Å². The monoisotopic (exact) mass is 496 g/mol. The van der Waals surface area contributed by atoms with Gasteiger partial charge in [0.25, 0.3) is 0 Å². The molecule has 10 heteroatoms. The van der Waals surface area contributed by atoms with Crippen molar-refractivity contribution in [1.82, 2.24) is 21.3 Å². The van der Waals surface area contributed by atoms with Gasteiger partial charge in [0.15, 0.2) is 5.91 Å². The molecule has 0 rings (SSSR count). The van der Waals surface area contributed by atoms with E-state index in [0.717, 1.165) is 0 Å². The molecule has 0 heterocycles. The average Bonchev–Trinajstić information content (AvgIpc) is 2.39. The van der Waals surface area contributed by atoms with Gasteiger partial charge in [-0.25, -0.2) is 0 Å². The van der Waals surface area contributed by atoms with Crippen LogP contribution in [0.15, 0.2) is 0 Å². The van der Waals surface area contributed by atoms with Crippen molar-refractivity contribution in [1.29, 1.82) is 0 Å². The van der Waals surface area contributed by atoms with E-state index in [2.05, 4.69) is 33.9 Å². The van der Waals surface area contributed by atoms with E-state index >= 15 is 0 Å². The van der Waals surface area contributed by atoms with Crippen LogP contribution in [0.1, 0.15) is 13.8 Å². The smallest absolute Gasteiger partial charge is 0.239 e.